The Morgan fingerprint density at radius 1 is 0.290 bits per heavy atom. The van der Waals surface area contributed by atoms with Gasteiger partial charge in [0.05, 0.1) is 26.4 Å². The predicted molar refractivity (Wildman–Crippen MR) is 408 cm³/mol. The van der Waals surface area contributed by atoms with E-state index in [1.165, 1.54) is 77.0 Å². The number of carbonyl (C=O) groups excluding carboxylic acids is 4. The summed E-state index contributed by atoms with van der Waals surface area (Å²) in [6, 6.07) is 0. The maximum absolute atomic E-state index is 13.1. The summed E-state index contributed by atoms with van der Waals surface area (Å²) in [7, 11) is -9.96. The van der Waals surface area contributed by atoms with Crippen LogP contribution >= 0.6 is 15.6 Å². The van der Waals surface area contributed by atoms with Gasteiger partial charge in [0.25, 0.3) is 0 Å². The number of esters is 4. The van der Waals surface area contributed by atoms with Gasteiger partial charge in [-0.25, -0.2) is 9.13 Å². The van der Waals surface area contributed by atoms with Gasteiger partial charge < -0.3 is 33.8 Å². The van der Waals surface area contributed by atoms with E-state index >= 15 is 0 Å². The Labute approximate surface area is 607 Å². The summed E-state index contributed by atoms with van der Waals surface area (Å²) < 4.78 is 68.5. The number of hydrogen-bond donors (Lipinski definition) is 3. The summed E-state index contributed by atoms with van der Waals surface area (Å²) >= 11 is 0. The van der Waals surface area contributed by atoms with Gasteiger partial charge in [-0.15, -0.1) is 0 Å². The molecule has 0 saturated heterocycles. The number of aliphatic hydroxyl groups is 1. The van der Waals surface area contributed by atoms with E-state index in [0.717, 1.165) is 167 Å². The van der Waals surface area contributed by atoms with E-state index in [-0.39, 0.29) is 25.7 Å². The first kappa shape index (κ1) is 95.7. The Morgan fingerprint density at radius 3 is 0.830 bits per heavy atom. The predicted octanol–water partition coefficient (Wildman–Crippen LogP) is 22.6. The number of phosphoric acid groups is 2. The maximum atomic E-state index is 13.1. The molecule has 0 aliphatic heterocycles. The average Bonchev–Trinajstić information content (AvgIpc) is 0.953. The number of rotatable bonds is 73. The third kappa shape index (κ3) is 72.1. The van der Waals surface area contributed by atoms with E-state index in [4.69, 9.17) is 37.0 Å². The van der Waals surface area contributed by atoms with Crippen molar-refractivity contribution in [3.8, 4) is 0 Å². The van der Waals surface area contributed by atoms with E-state index in [2.05, 4.69) is 137 Å². The molecule has 0 spiro atoms. The topological polar surface area (TPSA) is 237 Å². The molecule has 0 radical (unpaired) electrons. The van der Waals surface area contributed by atoms with Crippen LogP contribution in [0.25, 0.3) is 0 Å². The fourth-order valence-electron chi connectivity index (χ4n) is 10.3. The quantitative estimate of drug-likeness (QED) is 0.0169. The number of aliphatic hydroxyl groups excluding tert-OH is 1. The van der Waals surface area contributed by atoms with Crippen LogP contribution in [0.5, 0.6) is 0 Å². The smallest absolute Gasteiger partial charge is 0.462 e. The lowest BCUT2D eigenvalue weighted by molar-refractivity contribution is -0.161. The van der Waals surface area contributed by atoms with Crippen LogP contribution < -0.4 is 0 Å². The molecule has 17 nitrogen and oxygen atoms in total. The Bertz CT molecular complexity index is 2320. The number of hydrogen-bond acceptors (Lipinski definition) is 15. The molecular weight excluding hydrogens is 1310 g/mol. The molecule has 5 atom stereocenters. The maximum Gasteiger partial charge on any atom is 0.472 e. The SMILES string of the molecule is CC/C=C\C/C=C\C/C=C\C/C=C\CCCCCCCCC(=O)OCC(COP(=O)(O)OCC(O)COP(=O)(O)OCC(COC(=O)CCCC/C=C\C/C=C\C/C=C\C/C=C\CC)OC(=O)CCCCCCC/C=C\CCCCCCCC)OC(=O)CCCCCCCCCCCCC. The molecular formula is C81H140O17P2. The van der Waals surface area contributed by atoms with E-state index in [1.807, 2.05) is 0 Å². The summed E-state index contributed by atoms with van der Waals surface area (Å²) in [5.41, 5.74) is 0. The molecule has 5 unspecified atom stereocenters. The number of ether oxygens (including phenoxy) is 4. The molecule has 0 fully saturated rings. The molecule has 0 aromatic heterocycles. The van der Waals surface area contributed by atoms with Gasteiger partial charge >= 0.3 is 39.5 Å². The van der Waals surface area contributed by atoms with Crippen LogP contribution in [0.1, 0.15) is 323 Å². The van der Waals surface area contributed by atoms with Gasteiger partial charge in [-0.1, -0.05) is 278 Å². The summed E-state index contributed by atoms with van der Waals surface area (Å²) in [5, 5.41) is 10.6. The Kier molecular flexibility index (Phi) is 69.9. The van der Waals surface area contributed by atoms with Crippen LogP contribution in [0.4, 0.5) is 0 Å². The second kappa shape index (κ2) is 73.0. The lowest BCUT2D eigenvalue weighted by Crippen LogP contribution is -2.30. The van der Waals surface area contributed by atoms with Crippen LogP contribution in [-0.4, -0.2) is 96.7 Å². The van der Waals surface area contributed by atoms with Crippen molar-refractivity contribution < 1.29 is 80.2 Å². The molecule has 0 aromatic carbocycles. The zero-order valence-electron chi connectivity index (χ0n) is 62.8. The van der Waals surface area contributed by atoms with E-state index in [0.29, 0.717) is 25.7 Å². The number of phosphoric ester groups is 2. The third-order valence-corrected chi connectivity index (χ3v) is 18.1. The first-order chi connectivity index (χ1) is 48.7. The van der Waals surface area contributed by atoms with E-state index in [9.17, 15) is 43.2 Å². The van der Waals surface area contributed by atoms with Crippen molar-refractivity contribution in [1.29, 1.82) is 0 Å². The Hall–Kier alpha value is -4.28. The highest BCUT2D eigenvalue weighted by molar-refractivity contribution is 7.47. The van der Waals surface area contributed by atoms with Crippen molar-refractivity contribution in [2.24, 2.45) is 0 Å². The number of unbranched alkanes of at least 4 members (excludes halogenated alkanes) is 29. The molecule has 576 valence electrons. The molecule has 0 aliphatic carbocycles. The second-order valence-corrected chi connectivity index (χ2v) is 28.8. The fourth-order valence-corrected chi connectivity index (χ4v) is 11.9. The average molecular weight is 1450 g/mol. The highest BCUT2D eigenvalue weighted by atomic mass is 31.2. The van der Waals surface area contributed by atoms with Crippen molar-refractivity contribution in [2.45, 2.75) is 341 Å². The van der Waals surface area contributed by atoms with E-state index < -0.39 is 97.5 Å². The van der Waals surface area contributed by atoms with Crippen molar-refractivity contribution in [3.05, 3.63) is 109 Å². The molecule has 0 heterocycles. The van der Waals surface area contributed by atoms with Gasteiger partial charge in [0.2, 0.25) is 0 Å². The first-order valence-electron chi connectivity index (χ1n) is 39.1. The van der Waals surface area contributed by atoms with Crippen molar-refractivity contribution in [1.82, 2.24) is 0 Å². The zero-order chi connectivity index (χ0) is 73.2. The molecule has 0 saturated carbocycles. The number of allylic oxidation sites excluding steroid dienone is 18. The molecule has 0 aromatic rings. The minimum absolute atomic E-state index is 0.0758. The van der Waals surface area contributed by atoms with Crippen LogP contribution in [-0.2, 0) is 65.4 Å². The van der Waals surface area contributed by atoms with Gasteiger partial charge in [-0.05, 0) is 128 Å². The van der Waals surface area contributed by atoms with Gasteiger partial charge in [0.15, 0.2) is 12.2 Å². The van der Waals surface area contributed by atoms with Crippen LogP contribution in [0.15, 0.2) is 109 Å². The Balaban J connectivity index is 5.35. The molecule has 0 rings (SSSR count). The first-order valence-corrected chi connectivity index (χ1v) is 42.1. The van der Waals surface area contributed by atoms with Crippen LogP contribution in [0.2, 0.25) is 0 Å². The normalized spacial score (nSPS) is 14.5. The highest BCUT2D eigenvalue weighted by Crippen LogP contribution is 2.45. The summed E-state index contributed by atoms with van der Waals surface area (Å²) in [6.07, 6.45) is 77.9. The summed E-state index contributed by atoms with van der Waals surface area (Å²) in [5.74, 6) is -2.23. The largest absolute Gasteiger partial charge is 0.472 e. The van der Waals surface area contributed by atoms with Crippen molar-refractivity contribution in [3.63, 3.8) is 0 Å². The van der Waals surface area contributed by atoms with Gasteiger partial charge in [0.1, 0.15) is 19.3 Å². The minimum Gasteiger partial charge on any atom is -0.462 e. The molecule has 19 heteroatoms. The lowest BCUT2D eigenvalue weighted by atomic mass is 10.1. The Morgan fingerprint density at radius 2 is 0.520 bits per heavy atom. The summed E-state index contributed by atoms with van der Waals surface area (Å²) in [6.45, 7) is 4.58. The lowest BCUT2D eigenvalue weighted by Gasteiger charge is -2.21. The van der Waals surface area contributed by atoms with Gasteiger partial charge in [-0.2, -0.15) is 0 Å². The zero-order valence-corrected chi connectivity index (χ0v) is 64.6. The molecule has 3 N–H and O–H groups in total. The standard InChI is InChI=1S/C81H140O17P2/c1-5-9-13-17-21-25-29-32-35-36-37-38-41-43-47-50-54-58-62-66-79(84)91-71-76(97-80(85)67-63-59-55-51-45-28-24-20-16-12-8-4)73-95-99(87,88)93-69-75(82)70-94-100(89,90)96-74-77(98-81(86)68-64-60-56-52-48-44-40-34-31-27-23-19-15-11-7-3)72-92-78(83)65-61-57-53-49-46-42-39-33-30-26-22-18-14-10-6-2/h9-10,13-14,21-22,25-26,32-35,37-40,46,49,75-77,82H,5-8,11-12,15-20,23-24,27-31,36,41-45,47-48,50-74H2,1-4H3,(H,87,88)(H,89,90)/b13-9-,14-10-,25-21-,26-22-,35-32-,38-37-,39-33-,40-34-,49-46-. The second-order valence-electron chi connectivity index (χ2n) is 25.9. The van der Waals surface area contributed by atoms with Crippen molar-refractivity contribution >= 4 is 39.5 Å². The third-order valence-electron chi connectivity index (χ3n) is 16.2. The van der Waals surface area contributed by atoms with Crippen LogP contribution in [0, 0.1) is 0 Å². The molecule has 100 heavy (non-hydrogen) atoms. The van der Waals surface area contributed by atoms with Gasteiger partial charge in [-0.3, -0.25) is 37.3 Å². The molecule has 0 aliphatic rings. The molecule has 0 amide bonds. The summed E-state index contributed by atoms with van der Waals surface area (Å²) in [4.78, 5) is 72.9. The fraction of sp³-hybridized carbons (Fsp3) is 0.728. The highest BCUT2D eigenvalue weighted by Gasteiger charge is 2.30. The molecule has 0 bridgehead atoms. The monoisotopic (exact) mass is 1450 g/mol. The minimum atomic E-state index is -4.98. The van der Waals surface area contributed by atoms with Crippen molar-refractivity contribution in [2.75, 3.05) is 39.6 Å². The number of carbonyl (C=O) groups is 4. The van der Waals surface area contributed by atoms with E-state index in [1.54, 1.807) is 0 Å². The van der Waals surface area contributed by atoms with Crippen LogP contribution in [0.3, 0.4) is 0 Å². The van der Waals surface area contributed by atoms with Gasteiger partial charge in [0, 0.05) is 25.7 Å².